The van der Waals surface area contributed by atoms with E-state index in [4.69, 9.17) is 5.73 Å². The molecular weight excluding hydrogens is 226 g/mol. The van der Waals surface area contributed by atoms with Crippen molar-refractivity contribution in [2.24, 2.45) is 5.73 Å². The molecule has 2 N–H and O–H groups in total. The molecule has 1 rings (SSSR count). The fourth-order valence-electron chi connectivity index (χ4n) is 1.35. The van der Waals surface area contributed by atoms with E-state index in [-0.39, 0.29) is 0 Å². The second kappa shape index (κ2) is 4.77. The first-order valence-electron chi connectivity index (χ1n) is 4.59. The van der Waals surface area contributed by atoms with Crippen LogP contribution in [0.3, 0.4) is 0 Å². The third-order valence-electron chi connectivity index (χ3n) is 1.99. The van der Waals surface area contributed by atoms with Crippen molar-refractivity contribution < 1.29 is 0 Å². The lowest BCUT2D eigenvalue weighted by Gasteiger charge is -2.06. The molecule has 2 heteroatoms. The summed E-state index contributed by atoms with van der Waals surface area (Å²) in [4.78, 5) is 0. The summed E-state index contributed by atoms with van der Waals surface area (Å²) in [5.74, 6) is 0. The predicted molar refractivity (Wildman–Crippen MR) is 60.8 cm³/mol. The molecule has 0 bridgehead atoms. The number of rotatable bonds is 3. The van der Waals surface area contributed by atoms with Crippen molar-refractivity contribution in [2.75, 3.05) is 0 Å². The minimum Gasteiger partial charge on any atom is -0.328 e. The van der Waals surface area contributed by atoms with Gasteiger partial charge in [0.15, 0.2) is 0 Å². The van der Waals surface area contributed by atoms with Crippen molar-refractivity contribution in [1.82, 2.24) is 0 Å². The molecule has 0 heterocycles. The number of hydrogen-bond donors (Lipinski definition) is 1. The third-order valence-corrected chi connectivity index (χ3v) is 2.45. The van der Waals surface area contributed by atoms with Crippen LogP contribution in [0, 0.1) is 6.92 Å². The summed E-state index contributed by atoms with van der Waals surface area (Å²) >= 11 is 3.49. The lowest BCUT2D eigenvalue weighted by atomic mass is 10.0. The fourth-order valence-corrected chi connectivity index (χ4v) is 2.01. The quantitative estimate of drug-likeness (QED) is 0.866. The van der Waals surface area contributed by atoms with Crippen molar-refractivity contribution in [3.05, 3.63) is 33.8 Å². The van der Waals surface area contributed by atoms with Gasteiger partial charge in [0.25, 0.3) is 0 Å². The molecule has 13 heavy (non-hydrogen) atoms. The molecule has 0 saturated heterocycles. The summed E-state index contributed by atoms with van der Waals surface area (Å²) in [6.07, 6.45) is 2.12. The molecule has 0 aliphatic carbocycles. The summed E-state index contributed by atoms with van der Waals surface area (Å²) < 4.78 is 1.16. The Morgan fingerprint density at radius 2 is 2.08 bits per heavy atom. The van der Waals surface area contributed by atoms with E-state index in [9.17, 15) is 0 Å². The zero-order chi connectivity index (χ0) is 9.84. The Morgan fingerprint density at radius 1 is 1.38 bits per heavy atom. The molecule has 72 valence electrons. The normalized spacial score (nSPS) is 12.9. The topological polar surface area (TPSA) is 26.0 Å². The van der Waals surface area contributed by atoms with Crippen LogP contribution in [0.25, 0.3) is 0 Å². The maximum Gasteiger partial charge on any atom is 0.0180 e. The summed E-state index contributed by atoms with van der Waals surface area (Å²) in [6, 6.07) is 6.79. The standard InChI is InChI=1S/C11H16BrN/c1-8-5-10(4-3-9(2)13)7-11(12)6-8/h5-7,9H,3-4,13H2,1-2H3/t9-/m0/s1. The number of nitrogens with two attached hydrogens (primary N) is 1. The Morgan fingerprint density at radius 3 is 2.62 bits per heavy atom. The second-order valence-electron chi connectivity index (χ2n) is 3.65. The highest BCUT2D eigenvalue weighted by Crippen LogP contribution is 2.16. The predicted octanol–water partition coefficient (Wildman–Crippen LogP) is 3.04. The Bertz CT molecular complexity index is 261. The van der Waals surface area contributed by atoms with Crippen LogP contribution in [0.5, 0.6) is 0 Å². The van der Waals surface area contributed by atoms with Gasteiger partial charge in [-0.1, -0.05) is 22.0 Å². The summed E-state index contributed by atoms with van der Waals surface area (Å²) in [5, 5.41) is 0. The second-order valence-corrected chi connectivity index (χ2v) is 4.57. The van der Waals surface area contributed by atoms with E-state index >= 15 is 0 Å². The molecule has 0 amide bonds. The van der Waals surface area contributed by atoms with Crippen LogP contribution in [-0.2, 0) is 6.42 Å². The molecule has 0 aliphatic heterocycles. The first kappa shape index (κ1) is 10.7. The van der Waals surface area contributed by atoms with Gasteiger partial charge >= 0.3 is 0 Å². The molecule has 0 spiro atoms. The highest BCUT2D eigenvalue weighted by Gasteiger charge is 1.99. The number of halogens is 1. The van der Waals surface area contributed by atoms with Gasteiger partial charge in [-0.3, -0.25) is 0 Å². The Balaban J connectivity index is 2.66. The Kier molecular flexibility index (Phi) is 3.94. The SMILES string of the molecule is Cc1cc(Br)cc(CC[C@H](C)N)c1. The molecule has 0 aliphatic rings. The van der Waals surface area contributed by atoms with Crippen molar-refractivity contribution >= 4 is 15.9 Å². The molecule has 0 saturated carbocycles. The smallest absolute Gasteiger partial charge is 0.0180 e. The monoisotopic (exact) mass is 241 g/mol. The zero-order valence-corrected chi connectivity index (χ0v) is 9.76. The number of hydrogen-bond acceptors (Lipinski definition) is 1. The molecule has 0 radical (unpaired) electrons. The van der Waals surface area contributed by atoms with E-state index in [0.717, 1.165) is 17.3 Å². The largest absolute Gasteiger partial charge is 0.328 e. The van der Waals surface area contributed by atoms with Crippen LogP contribution >= 0.6 is 15.9 Å². The van der Waals surface area contributed by atoms with E-state index in [1.165, 1.54) is 11.1 Å². The van der Waals surface area contributed by atoms with Gasteiger partial charge < -0.3 is 5.73 Å². The van der Waals surface area contributed by atoms with Gasteiger partial charge in [0.1, 0.15) is 0 Å². The van der Waals surface area contributed by atoms with Crippen molar-refractivity contribution in [1.29, 1.82) is 0 Å². The molecule has 0 aromatic heterocycles. The van der Waals surface area contributed by atoms with E-state index in [2.05, 4.69) is 41.1 Å². The minimum atomic E-state index is 0.291. The summed E-state index contributed by atoms with van der Waals surface area (Å²) in [5.41, 5.74) is 8.37. The van der Waals surface area contributed by atoms with Gasteiger partial charge in [0, 0.05) is 10.5 Å². The number of aryl methyl sites for hydroxylation is 2. The molecule has 1 atom stereocenters. The van der Waals surface area contributed by atoms with Crippen LogP contribution < -0.4 is 5.73 Å². The average molecular weight is 242 g/mol. The molecule has 1 aromatic carbocycles. The first-order valence-corrected chi connectivity index (χ1v) is 5.39. The van der Waals surface area contributed by atoms with Crippen molar-refractivity contribution in [2.45, 2.75) is 32.7 Å². The molecule has 1 aromatic rings. The van der Waals surface area contributed by atoms with Crippen LogP contribution in [0.1, 0.15) is 24.5 Å². The molecule has 0 unspecified atom stereocenters. The van der Waals surface area contributed by atoms with Gasteiger partial charge in [-0.05, 0) is 49.9 Å². The highest BCUT2D eigenvalue weighted by molar-refractivity contribution is 9.10. The summed E-state index contributed by atoms with van der Waals surface area (Å²) in [6.45, 7) is 4.16. The van der Waals surface area contributed by atoms with Gasteiger partial charge in [-0.15, -0.1) is 0 Å². The van der Waals surface area contributed by atoms with Crippen LogP contribution in [0.15, 0.2) is 22.7 Å². The minimum absolute atomic E-state index is 0.291. The van der Waals surface area contributed by atoms with E-state index in [0.29, 0.717) is 6.04 Å². The average Bonchev–Trinajstić information content (AvgIpc) is 1.99. The lowest BCUT2D eigenvalue weighted by Crippen LogP contribution is -2.15. The fraction of sp³-hybridized carbons (Fsp3) is 0.455. The maximum atomic E-state index is 5.70. The van der Waals surface area contributed by atoms with Gasteiger partial charge in [-0.2, -0.15) is 0 Å². The van der Waals surface area contributed by atoms with Crippen molar-refractivity contribution in [3.8, 4) is 0 Å². The van der Waals surface area contributed by atoms with Crippen molar-refractivity contribution in [3.63, 3.8) is 0 Å². The highest BCUT2D eigenvalue weighted by atomic mass is 79.9. The Labute approximate surface area is 88.5 Å². The Hall–Kier alpha value is -0.340. The molecule has 0 fully saturated rings. The van der Waals surface area contributed by atoms with E-state index in [1.54, 1.807) is 0 Å². The third kappa shape index (κ3) is 3.92. The lowest BCUT2D eigenvalue weighted by molar-refractivity contribution is 0.666. The van der Waals surface area contributed by atoms with Gasteiger partial charge in [0.05, 0.1) is 0 Å². The van der Waals surface area contributed by atoms with Crippen LogP contribution in [0.4, 0.5) is 0 Å². The maximum absolute atomic E-state index is 5.70. The van der Waals surface area contributed by atoms with Gasteiger partial charge in [0.2, 0.25) is 0 Å². The zero-order valence-electron chi connectivity index (χ0n) is 8.18. The van der Waals surface area contributed by atoms with Crippen LogP contribution in [0.2, 0.25) is 0 Å². The van der Waals surface area contributed by atoms with E-state index in [1.807, 2.05) is 6.92 Å². The number of benzene rings is 1. The first-order chi connectivity index (χ1) is 6.08. The molecular formula is C11H16BrN. The summed E-state index contributed by atoms with van der Waals surface area (Å²) in [7, 11) is 0. The van der Waals surface area contributed by atoms with Gasteiger partial charge in [-0.25, -0.2) is 0 Å². The van der Waals surface area contributed by atoms with Crippen LogP contribution in [-0.4, -0.2) is 6.04 Å². The van der Waals surface area contributed by atoms with E-state index < -0.39 is 0 Å². The molecule has 1 nitrogen and oxygen atoms in total.